The van der Waals surface area contributed by atoms with Gasteiger partial charge in [-0.1, -0.05) is 32.0 Å². The van der Waals surface area contributed by atoms with E-state index in [1.807, 2.05) is 30.3 Å². The zero-order chi connectivity index (χ0) is 14.5. The summed E-state index contributed by atoms with van der Waals surface area (Å²) in [4.78, 5) is 16.7. The second kappa shape index (κ2) is 6.62. The van der Waals surface area contributed by atoms with Crippen molar-refractivity contribution in [1.82, 2.24) is 4.98 Å². The van der Waals surface area contributed by atoms with E-state index in [-0.39, 0.29) is 11.7 Å². The van der Waals surface area contributed by atoms with Crippen LogP contribution in [0.2, 0.25) is 0 Å². The molecule has 0 saturated carbocycles. The van der Waals surface area contributed by atoms with Crippen molar-refractivity contribution in [2.24, 2.45) is 17.6 Å². The van der Waals surface area contributed by atoms with Gasteiger partial charge in [0.05, 0.1) is 5.52 Å². The van der Waals surface area contributed by atoms with E-state index in [4.69, 9.17) is 5.73 Å². The third-order valence-electron chi connectivity index (χ3n) is 3.60. The van der Waals surface area contributed by atoms with Gasteiger partial charge in [-0.2, -0.15) is 0 Å². The molecule has 0 aliphatic rings. The van der Waals surface area contributed by atoms with E-state index in [0.717, 1.165) is 22.9 Å². The van der Waals surface area contributed by atoms with E-state index < -0.39 is 0 Å². The van der Waals surface area contributed by atoms with Crippen molar-refractivity contribution >= 4 is 16.7 Å². The lowest BCUT2D eigenvalue weighted by Gasteiger charge is -2.16. The first kappa shape index (κ1) is 14.7. The maximum atomic E-state index is 12.4. The molecule has 0 saturated heterocycles. The van der Waals surface area contributed by atoms with E-state index >= 15 is 0 Å². The van der Waals surface area contributed by atoms with Gasteiger partial charge in [-0.25, -0.2) is 0 Å². The number of carbonyl (C=O) groups is 1. The molecule has 2 aromatic rings. The number of pyridine rings is 1. The number of aromatic nitrogens is 1. The molecular formula is C17H22N2O. The molecule has 1 aromatic carbocycles. The largest absolute Gasteiger partial charge is 0.330 e. The minimum atomic E-state index is -0.0399. The van der Waals surface area contributed by atoms with Crippen molar-refractivity contribution in [2.75, 3.05) is 6.54 Å². The van der Waals surface area contributed by atoms with E-state index in [1.165, 1.54) is 0 Å². The zero-order valence-corrected chi connectivity index (χ0v) is 12.2. The third-order valence-corrected chi connectivity index (χ3v) is 3.60. The minimum Gasteiger partial charge on any atom is -0.330 e. The summed E-state index contributed by atoms with van der Waals surface area (Å²) in [5, 5.41) is 1.06. The summed E-state index contributed by atoms with van der Waals surface area (Å²) in [5.74, 6) is 0.682. The fourth-order valence-electron chi connectivity index (χ4n) is 2.57. The highest BCUT2D eigenvalue weighted by Crippen LogP contribution is 2.20. The van der Waals surface area contributed by atoms with Gasteiger partial charge in [0, 0.05) is 30.5 Å². The van der Waals surface area contributed by atoms with Crippen molar-refractivity contribution in [3.05, 3.63) is 42.1 Å². The summed E-state index contributed by atoms with van der Waals surface area (Å²) in [6.07, 6.45) is 3.07. The number of hydrogen-bond acceptors (Lipinski definition) is 3. The van der Waals surface area contributed by atoms with Crippen LogP contribution in [0.1, 0.15) is 25.8 Å². The van der Waals surface area contributed by atoms with Gasteiger partial charge in [0.1, 0.15) is 5.78 Å². The van der Waals surface area contributed by atoms with Crippen LogP contribution >= 0.6 is 0 Å². The summed E-state index contributed by atoms with van der Waals surface area (Å²) in [5.41, 5.74) is 7.74. The van der Waals surface area contributed by atoms with Crippen molar-refractivity contribution < 1.29 is 4.79 Å². The molecule has 0 spiro atoms. The lowest BCUT2D eigenvalue weighted by atomic mass is 9.89. The Labute approximate surface area is 120 Å². The monoisotopic (exact) mass is 270 g/mol. The van der Waals surface area contributed by atoms with Gasteiger partial charge < -0.3 is 5.73 Å². The van der Waals surface area contributed by atoms with Crippen molar-refractivity contribution in [3.63, 3.8) is 0 Å². The fourth-order valence-corrected chi connectivity index (χ4v) is 2.57. The Morgan fingerprint density at radius 1 is 1.25 bits per heavy atom. The summed E-state index contributed by atoms with van der Waals surface area (Å²) >= 11 is 0. The molecule has 106 valence electrons. The van der Waals surface area contributed by atoms with Crippen molar-refractivity contribution in [1.29, 1.82) is 0 Å². The van der Waals surface area contributed by atoms with Gasteiger partial charge in [0.25, 0.3) is 0 Å². The SMILES string of the molecule is CC(C)CC(CN)C(=O)Cc1ccnc2ccccc12. The number of hydrogen-bond donors (Lipinski definition) is 1. The molecule has 3 heteroatoms. The fraction of sp³-hybridized carbons (Fsp3) is 0.412. The lowest BCUT2D eigenvalue weighted by Crippen LogP contribution is -2.26. The number of ketones is 1. The zero-order valence-electron chi connectivity index (χ0n) is 12.2. The molecular weight excluding hydrogens is 248 g/mol. The van der Waals surface area contributed by atoms with Crippen LogP contribution in [0.5, 0.6) is 0 Å². The average Bonchev–Trinajstić information content (AvgIpc) is 2.45. The molecule has 3 nitrogen and oxygen atoms in total. The minimum absolute atomic E-state index is 0.0399. The lowest BCUT2D eigenvalue weighted by molar-refractivity contribution is -0.122. The Morgan fingerprint density at radius 2 is 2.00 bits per heavy atom. The molecule has 20 heavy (non-hydrogen) atoms. The molecule has 0 aliphatic heterocycles. The van der Waals surface area contributed by atoms with Gasteiger partial charge in [-0.15, -0.1) is 0 Å². The molecule has 1 unspecified atom stereocenters. The molecule has 0 fully saturated rings. The van der Waals surface area contributed by atoms with Crippen LogP contribution in [-0.4, -0.2) is 17.3 Å². The third kappa shape index (κ3) is 3.42. The van der Waals surface area contributed by atoms with Crippen molar-refractivity contribution in [2.45, 2.75) is 26.7 Å². The van der Waals surface area contributed by atoms with Crippen LogP contribution in [0.15, 0.2) is 36.5 Å². The molecule has 1 atom stereocenters. The van der Waals surface area contributed by atoms with Gasteiger partial charge >= 0.3 is 0 Å². The van der Waals surface area contributed by atoms with Crippen LogP contribution in [0.25, 0.3) is 10.9 Å². The number of fused-ring (bicyclic) bond motifs is 1. The van der Waals surface area contributed by atoms with Gasteiger partial charge in [0.15, 0.2) is 0 Å². The molecule has 1 aromatic heterocycles. The Kier molecular flexibility index (Phi) is 4.85. The highest BCUT2D eigenvalue weighted by Gasteiger charge is 2.19. The predicted octanol–water partition coefficient (Wildman–Crippen LogP) is 2.97. The van der Waals surface area contributed by atoms with E-state index in [1.54, 1.807) is 6.20 Å². The standard InChI is InChI=1S/C17H22N2O/c1-12(2)9-14(11-18)17(20)10-13-7-8-19-16-6-4-3-5-15(13)16/h3-8,12,14H,9-11,18H2,1-2H3. The predicted molar refractivity (Wildman–Crippen MR) is 82.5 cm³/mol. The smallest absolute Gasteiger partial charge is 0.141 e. The van der Waals surface area contributed by atoms with Crippen LogP contribution in [0, 0.1) is 11.8 Å². The number of carbonyl (C=O) groups excluding carboxylic acids is 1. The Balaban J connectivity index is 2.21. The quantitative estimate of drug-likeness (QED) is 0.878. The topological polar surface area (TPSA) is 56.0 Å². The highest BCUT2D eigenvalue weighted by molar-refractivity contribution is 5.90. The van der Waals surface area contributed by atoms with Crippen LogP contribution in [-0.2, 0) is 11.2 Å². The second-order valence-corrected chi connectivity index (χ2v) is 5.69. The summed E-state index contributed by atoms with van der Waals surface area (Å²) < 4.78 is 0. The van der Waals surface area contributed by atoms with Crippen LogP contribution < -0.4 is 5.73 Å². The normalized spacial score (nSPS) is 12.8. The first-order valence-corrected chi connectivity index (χ1v) is 7.17. The molecule has 0 radical (unpaired) electrons. The highest BCUT2D eigenvalue weighted by atomic mass is 16.1. The first-order valence-electron chi connectivity index (χ1n) is 7.17. The average molecular weight is 270 g/mol. The number of nitrogens with two attached hydrogens (primary N) is 1. The molecule has 0 amide bonds. The van der Waals surface area contributed by atoms with Crippen molar-refractivity contribution in [3.8, 4) is 0 Å². The van der Waals surface area contributed by atoms with Crippen LogP contribution in [0.3, 0.4) is 0 Å². The first-order chi connectivity index (χ1) is 9.61. The summed E-state index contributed by atoms with van der Waals surface area (Å²) in [6.45, 7) is 4.68. The van der Waals surface area contributed by atoms with Gasteiger partial charge in [0.2, 0.25) is 0 Å². The maximum Gasteiger partial charge on any atom is 0.141 e. The Morgan fingerprint density at radius 3 is 2.70 bits per heavy atom. The number of benzene rings is 1. The van der Waals surface area contributed by atoms with Gasteiger partial charge in [-0.3, -0.25) is 9.78 Å². The summed E-state index contributed by atoms with van der Waals surface area (Å²) in [7, 11) is 0. The molecule has 2 rings (SSSR count). The number of rotatable bonds is 6. The molecule has 2 N–H and O–H groups in total. The maximum absolute atomic E-state index is 12.4. The molecule has 1 heterocycles. The number of Topliss-reactive ketones (excluding diaryl/α,β-unsaturated/α-hetero) is 1. The number of para-hydroxylation sites is 1. The second-order valence-electron chi connectivity index (χ2n) is 5.69. The molecule has 0 bridgehead atoms. The summed E-state index contributed by atoms with van der Waals surface area (Å²) in [6, 6.07) is 9.86. The molecule has 0 aliphatic carbocycles. The number of nitrogens with zero attached hydrogens (tertiary/aromatic N) is 1. The van der Waals surface area contributed by atoms with Crippen LogP contribution in [0.4, 0.5) is 0 Å². The van der Waals surface area contributed by atoms with Gasteiger partial charge in [-0.05, 0) is 30.0 Å². The Hall–Kier alpha value is -1.74. The van der Waals surface area contributed by atoms with E-state index in [2.05, 4.69) is 18.8 Å². The Bertz CT molecular complexity index is 587. The van der Waals surface area contributed by atoms with E-state index in [9.17, 15) is 4.79 Å². The van der Waals surface area contributed by atoms with E-state index in [0.29, 0.717) is 18.9 Å².